The SMILES string of the molecule is O=C(Cc1cscn1)Nc1cccc2[nH]ncc12. The van der Waals surface area contributed by atoms with Crippen LogP contribution in [-0.2, 0) is 11.2 Å². The number of hydrogen-bond acceptors (Lipinski definition) is 4. The standard InChI is InChI=1S/C12H10N4OS/c17-12(4-8-6-18-7-13-8)15-10-2-1-3-11-9(10)5-14-16-11/h1-3,5-7H,4H2,(H,14,16)(H,15,17). The summed E-state index contributed by atoms with van der Waals surface area (Å²) in [5, 5.41) is 12.5. The van der Waals surface area contributed by atoms with Crippen LogP contribution < -0.4 is 5.32 Å². The lowest BCUT2D eigenvalue weighted by molar-refractivity contribution is -0.115. The van der Waals surface area contributed by atoms with E-state index in [1.165, 1.54) is 11.3 Å². The van der Waals surface area contributed by atoms with Crippen LogP contribution in [0.3, 0.4) is 0 Å². The van der Waals surface area contributed by atoms with Crippen molar-refractivity contribution in [2.24, 2.45) is 0 Å². The minimum absolute atomic E-state index is 0.0744. The van der Waals surface area contributed by atoms with Crippen LogP contribution in [0.2, 0.25) is 0 Å². The van der Waals surface area contributed by atoms with Crippen molar-refractivity contribution in [1.29, 1.82) is 0 Å². The van der Waals surface area contributed by atoms with Crippen LogP contribution in [0.25, 0.3) is 10.9 Å². The lowest BCUT2D eigenvalue weighted by atomic mass is 10.2. The molecule has 0 unspecified atom stereocenters. The molecule has 18 heavy (non-hydrogen) atoms. The molecule has 0 saturated carbocycles. The van der Waals surface area contributed by atoms with Crippen molar-refractivity contribution >= 4 is 33.8 Å². The normalized spacial score (nSPS) is 10.7. The Hall–Kier alpha value is -2.21. The number of aromatic amines is 1. The molecule has 0 fully saturated rings. The van der Waals surface area contributed by atoms with Gasteiger partial charge in [-0.1, -0.05) is 6.07 Å². The monoisotopic (exact) mass is 258 g/mol. The van der Waals surface area contributed by atoms with Crippen molar-refractivity contribution < 1.29 is 4.79 Å². The molecule has 0 aliphatic carbocycles. The van der Waals surface area contributed by atoms with Gasteiger partial charge in [0.1, 0.15) is 0 Å². The van der Waals surface area contributed by atoms with E-state index in [1.807, 2.05) is 23.6 Å². The molecular weight excluding hydrogens is 248 g/mol. The minimum Gasteiger partial charge on any atom is -0.325 e. The fraction of sp³-hybridized carbons (Fsp3) is 0.0833. The van der Waals surface area contributed by atoms with Crippen molar-refractivity contribution in [2.45, 2.75) is 6.42 Å². The van der Waals surface area contributed by atoms with E-state index in [1.54, 1.807) is 11.7 Å². The summed E-state index contributed by atoms with van der Waals surface area (Å²) in [6, 6.07) is 5.65. The number of thiazole rings is 1. The molecule has 3 rings (SSSR count). The largest absolute Gasteiger partial charge is 0.325 e. The highest BCUT2D eigenvalue weighted by Gasteiger charge is 2.08. The maximum absolute atomic E-state index is 11.9. The molecule has 0 atom stereocenters. The van der Waals surface area contributed by atoms with Gasteiger partial charge in [-0.15, -0.1) is 11.3 Å². The average Bonchev–Trinajstić information content (AvgIpc) is 2.99. The van der Waals surface area contributed by atoms with E-state index in [4.69, 9.17) is 0 Å². The molecule has 2 N–H and O–H groups in total. The number of aromatic nitrogens is 3. The Labute approximate surface area is 107 Å². The molecule has 1 amide bonds. The van der Waals surface area contributed by atoms with Gasteiger partial charge in [-0.05, 0) is 12.1 Å². The number of H-pyrrole nitrogens is 1. The third kappa shape index (κ3) is 2.10. The molecule has 2 aromatic heterocycles. The first kappa shape index (κ1) is 10.9. The van der Waals surface area contributed by atoms with Gasteiger partial charge in [0.05, 0.1) is 35.0 Å². The quantitative estimate of drug-likeness (QED) is 0.756. The maximum Gasteiger partial charge on any atom is 0.230 e. The van der Waals surface area contributed by atoms with Crippen LogP contribution in [0.5, 0.6) is 0 Å². The molecule has 0 radical (unpaired) electrons. The Kier molecular flexibility index (Phi) is 2.77. The maximum atomic E-state index is 11.9. The molecule has 5 nitrogen and oxygen atoms in total. The van der Waals surface area contributed by atoms with Gasteiger partial charge < -0.3 is 5.32 Å². The number of carbonyl (C=O) groups excluding carboxylic acids is 1. The van der Waals surface area contributed by atoms with Crippen molar-refractivity contribution in [1.82, 2.24) is 15.2 Å². The van der Waals surface area contributed by atoms with Gasteiger partial charge in [-0.2, -0.15) is 5.10 Å². The summed E-state index contributed by atoms with van der Waals surface area (Å²) in [7, 11) is 0. The lowest BCUT2D eigenvalue weighted by Crippen LogP contribution is -2.14. The van der Waals surface area contributed by atoms with Crippen molar-refractivity contribution in [3.05, 3.63) is 41.0 Å². The molecule has 2 heterocycles. The number of amides is 1. The molecule has 6 heteroatoms. The first-order valence-corrected chi connectivity index (χ1v) is 6.36. The molecule has 1 aromatic carbocycles. The number of hydrogen-bond donors (Lipinski definition) is 2. The lowest BCUT2D eigenvalue weighted by Gasteiger charge is -2.04. The van der Waals surface area contributed by atoms with E-state index < -0.39 is 0 Å². The highest BCUT2D eigenvalue weighted by atomic mass is 32.1. The molecule has 0 aliphatic rings. The number of nitrogens with one attached hydrogen (secondary N) is 2. The number of anilines is 1. The molecule has 3 aromatic rings. The predicted octanol–water partition coefficient (Wildman–Crippen LogP) is 2.20. The van der Waals surface area contributed by atoms with Crippen molar-refractivity contribution in [3.8, 4) is 0 Å². The molecular formula is C12H10N4OS. The second-order valence-corrected chi connectivity index (χ2v) is 4.56. The fourth-order valence-electron chi connectivity index (χ4n) is 1.76. The van der Waals surface area contributed by atoms with Crippen LogP contribution in [-0.4, -0.2) is 21.1 Å². The number of benzene rings is 1. The molecule has 0 aliphatic heterocycles. The topological polar surface area (TPSA) is 70.7 Å². The zero-order valence-electron chi connectivity index (χ0n) is 9.38. The Morgan fingerprint density at radius 2 is 2.39 bits per heavy atom. The third-order valence-corrected chi connectivity index (χ3v) is 3.22. The molecule has 0 spiro atoms. The van der Waals surface area contributed by atoms with Crippen molar-refractivity contribution in [3.63, 3.8) is 0 Å². The highest BCUT2D eigenvalue weighted by molar-refractivity contribution is 7.07. The van der Waals surface area contributed by atoms with Gasteiger partial charge in [-0.3, -0.25) is 9.89 Å². The Morgan fingerprint density at radius 3 is 3.22 bits per heavy atom. The number of rotatable bonds is 3. The second kappa shape index (κ2) is 4.58. The van der Waals surface area contributed by atoms with E-state index in [0.29, 0.717) is 0 Å². The summed E-state index contributed by atoms with van der Waals surface area (Å²) in [4.78, 5) is 16.0. The first-order chi connectivity index (χ1) is 8.83. The summed E-state index contributed by atoms with van der Waals surface area (Å²) in [6.45, 7) is 0. The zero-order chi connectivity index (χ0) is 12.4. The molecule has 0 bridgehead atoms. The molecule has 0 saturated heterocycles. The fourth-order valence-corrected chi connectivity index (χ4v) is 2.32. The minimum atomic E-state index is -0.0744. The summed E-state index contributed by atoms with van der Waals surface area (Å²) in [5.41, 5.74) is 4.18. The van der Waals surface area contributed by atoms with E-state index in [-0.39, 0.29) is 12.3 Å². The number of nitrogens with zero attached hydrogens (tertiary/aromatic N) is 2. The Morgan fingerprint density at radius 1 is 1.44 bits per heavy atom. The van der Waals surface area contributed by atoms with Gasteiger partial charge in [-0.25, -0.2) is 4.98 Å². The average molecular weight is 258 g/mol. The predicted molar refractivity (Wildman–Crippen MR) is 70.5 cm³/mol. The summed E-state index contributed by atoms with van der Waals surface area (Å²) in [5.74, 6) is -0.0744. The van der Waals surface area contributed by atoms with Crippen LogP contribution in [0.15, 0.2) is 35.3 Å². The number of carbonyl (C=O) groups is 1. The van der Waals surface area contributed by atoms with Gasteiger partial charge in [0.2, 0.25) is 5.91 Å². The van der Waals surface area contributed by atoms with Crippen LogP contribution in [0.1, 0.15) is 5.69 Å². The molecule has 90 valence electrons. The van der Waals surface area contributed by atoms with E-state index in [2.05, 4.69) is 20.5 Å². The van der Waals surface area contributed by atoms with Crippen LogP contribution in [0.4, 0.5) is 5.69 Å². The Bertz CT molecular complexity index is 674. The highest BCUT2D eigenvalue weighted by Crippen LogP contribution is 2.21. The summed E-state index contributed by atoms with van der Waals surface area (Å²) < 4.78 is 0. The number of fused-ring (bicyclic) bond motifs is 1. The second-order valence-electron chi connectivity index (χ2n) is 3.84. The van der Waals surface area contributed by atoms with Crippen LogP contribution >= 0.6 is 11.3 Å². The first-order valence-electron chi connectivity index (χ1n) is 5.42. The summed E-state index contributed by atoms with van der Waals surface area (Å²) in [6.07, 6.45) is 1.99. The van der Waals surface area contributed by atoms with Gasteiger partial charge >= 0.3 is 0 Å². The van der Waals surface area contributed by atoms with Gasteiger partial charge in [0.15, 0.2) is 0 Å². The van der Waals surface area contributed by atoms with E-state index in [9.17, 15) is 4.79 Å². The third-order valence-electron chi connectivity index (χ3n) is 2.58. The zero-order valence-corrected chi connectivity index (χ0v) is 10.2. The smallest absolute Gasteiger partial charge is 0.230 e. The van der Waals surface area contributed by atoms with Gasteiger partial charge in [0.25, 0.3) is 0 Å². The van der Waals surface area contributed by atoms with Crippen LogP contribution in [0, 0.1) is 0 Å². The van der Waals surface area contributed by atoms with Crippen molar-refractivity contribution in [2.75, 3.05) is 5.32 Å². The van der Waals surface area contributed by atoms with E-state index in [0.717, 1.165) is 22.3 Å². The van der Waals surface area contributed by atoms with Gasteiger partial charge in [0, 0.05) is 10.8 Å². The van der Waals surface area contributed by atoms with E-state index >= 15 is 0 Å². The summed E-state index contributed by atoms with van der Waals surface area (Å²) >= 11 is 1.49. The Balaban J connectivity index is 1.80.